The first-order chi connectivity index (χ1) is 16.0. The number of likely N-dealkylation sites (N-methyl/N-ethyl adjacent to an activating group) is 1. The van der Waals surface area contributed by atoms with E-state index in [1.54, 1.807) is 6.92 Å². The molecule has 5 heteroatoms. The maximum absolute atomic E-state index is 14.6. The fourth-order valence-electron chi connectivity index (χ4n) is 6.98. The Hall–Kier alpha value is -2.66. The molecule has 2 amide bonds. The number of amides is 2. The molecule has 2 aromatic rings. The van der Waals surface area contributed by atoms with E-state index in [0.29, 0.717) is 6.54 Å². The van der Waals surface area contributed by atoms with Crippen LogP contribution in [-0.4, -0.2) is 53.8 Å². The molecule has 0 spiro atoms. The van der Waals surface area contributed by atoms with Crippen LogP contribution in [0.15, 0.2) is 60.7 Å². The summed E-state index contributed by atoms with van der Waals surface area (Å²) in [7, 11) is 2.12. The summed E-state index contributed by atoms with van der Waals surface area (Å²) < 4.78 is 0. The second-order valence-electron chi connectivity index (χ2n) is 10.4. The molecule has 2 heterocycles. The average Bonchev–Trinajstić information content (AvgIpc) is 3.43. The lowest BCUT2D eigenvalue weighted by molar-refractivity contribution is -0.139. The molecule has 0 bridgehead atoms. The SMILES string of the molecule is CC(=O)N[C@@]12CN(C)CC[C@@H]1[C@@H](c1ccccc1)N(C(=O)C1(c3ccccc3)CCCC1)C2. The van der Waals surface area contributed by atoms with Crippen LogP contribution < -0.4 is 5.32 Å². The van der Waals surface area contributed by atoms with Gasteiger partial charge in [0.2, 0.25) is 11.8 Å². The first-order valence-electron chi connectivity index (χ1n) is 12.3. The van der Waals surface area contributed by atoms with Crippen molar-refractivity contribution >= 4 is 11.8 Å². The van der Waals surface area contributed by atoms with Gasteiger partial charge in [0.25, 0.3) is 0 Å². The molecule has 5 rings (SSSR count). The van der Waals surface area contributed by atoms with Crippen molar-refractivity contribution < 1.29 is 9.59 Å². The van der Waals surface area contributed by atoms with Gasteiger partial charge in [0.05, 0.1) is 17.0 Å². The van der Waals surface area contributed by atoms with Crippen molar-refractivity contribution in [2.75, 3.05) is 26.7 Å². The maximum atomic E-state index is 14.6. The first kappa shape index (κ1) is 22.1. The van der Waals surface area contributed by atoms with E-state index in [-0.39, 0.29) is 23.8 Å². The molecular weight excluding hydrogens is 410 g/mol. The molecule has 1 saturated carbocycles. The second-order valence-corrected chi connectivity index (χ2v) is 10.4. The van der Waals surface area contributed by atoms with E-state index < -0.39 is 11.0 Å². The summed E-state index contributed by atoms with van der Waals surface area (Å²) in [6.45, 7) is 3.91. The maximum Gasteiger partial charge on any atom is 0.233 e. The van der Waals surface area contributed by atoms with Crippen LogP contribution in [0.1, 0.15) is 56.2 Å². The lowest BCUT2D eigenvalue weighted by Crippen LogP contribution is -2.63. The predicted molar refractivity (Wildman–Crippen MR) is 130 cm³/mol. The smallest absolute Gasteiger partial charge is 0.233 e. The Kier molecular flexibility index (Phi) is 5.77. The minimum Gasteiger partial charge on any atom is -0.347 e. The predicted octanol–water partition coefficient (Wildman–Crippen LogP) is 3.91. The fourth-order valence-corrected chi connectivity index (χ4v) is 6.98. The minimum absolute atomic E-state index is 0.0185. The number of fused-ring (bicyclic) bond motifs is 1. The highest BCUT2D eigenvalue weighted by Gasteiger charge is 2.59. The van der Waals surface area contributed by atoms with Crippen LogP contribution in [0.3, 0.4) is 0 Å². The third kappa shape index (κ3) is 3.76. The van der Waals surface area contributed by atoms with E-state index in [0.717, 1.165) is 50.8 Å². The van der Waals surface area contributed by atoms with Crippen molar-refractivity contribution in [3.63, 3.8) is 0 Å². The molecule has 33 heavy (non-hydrogen) atoms. The number of piperidine rings is 1. The molecule has 174 valence electrons. The lowest BCUT2D eigenvalue weighted by atomic mass is 9.75. The van der Waals surface area contributed by atoms with Gasteiger partial charge in [-0.3, -0.25) is 9.59 Å². The molecule has 3 aliphatic rings. The zero-order valence-corrected chi connectivity index (χ0v) is 19.8. The highest BCUT2D eigenvalue weighted by atomic mass is 16.2. The molecule has 0 aromatic heterocycles. The monoisotopic (exact) mass is 445 g/mol. The zero-order chi connectivity index (χ0) is 23.1. The van der Waals surface area contributed by atoms with Crippen molar-refractivity contribution in [1.29, 1.82) is 0 Å². The van der Waals surface area contributed by atoms with Crippen molar-refractivity contribution in [1.82, 2.24) is 15.1 Å². The number of likely N-dealkylation sites (tertiary alicyclic amines) is 2. The van der Waals surface area contributed by atoms with Gasteiger partial charge in [0, 0.05) is 25.9 Å². The van der Waals surface area contributed by atoms with Gasteiger partial charge in [-0.1, -0.05) is 73.5 Å². The number of nitrogens with zero attached hydrogens (tertiary/aromatic N) is 2. The van der Waals surface area contributed by atoms with Gasteiger partial charge in [-0.25, -0.2) is 0 Å². The number of hydrogen-bond donors (Lipinski definition) is 1. The van der Waals surface area contributed by atoms with Gasteiger partial charge in [0.1, 0.15) is 0 Å². The highest BCUT2D eigenvalue weighted by molar-refractivity contribution is 5.90. The van der Waals surface area contributed by atoms with E-state index in [9.17, 15) is 9.59 Å². The Balaban J connectivity index is 1.61. The normalized spacial score (nSPS) is 29.0. The second kappa shape index (κ2) is 8.60. The van der Waals surface area contributed by atoms with E-state index >= 15 is 0 Å². The summed E-state index contributed by atoms with van der Waals surface area (Å²) in [5, 5.41) is 3.34. The summed E-state index contributed by atoms with van der Waals surface area (Å²) in [5.74, 6) is 0.412. The lowest BCUT2D eigenvalue weighted by Gasteiger charge is -2.44. The van der Waals surface area contributed by atoms with E-state index in [1.165, 1.54) is 5.56 Å². The summed E-state index contributed by atoms with van der Waals surface area (Å²) in [6.07, 6.45) is 4.90. The first-order valence-corrected chi connectivity index (χ1v) is 12.3. The van der Waals surface area contributed by atoms with E-state index in [2.05, 4.69) is 70.7 Å². The van der Waals surface area contributed by atoms with Crippen LogP contribution >= 0.6 is 0 Å². The molecule has 2 saturated heterocycles. The molecule has 2 aliphatic heterocycles. The van der Waals surface area contributed by atoms with Gasteiger partial charge >= 0.3 is 0 Å². The summed E-state index contributed by atoms with van der Waals surface area (Å²) in [5.41, 5.74) is 1.42. The fraction of sp³-hybridized carbons (Fsp3) is 0.500. The van der Waals surface area contributed by atoms with Gasteiger partial charge in [-0.2, -0.15) is 0 Å². The van der Waals surface area contributed by atoms with Crippen molar-refractivity contribution in [2.45, 2.75) is 56.0 Å². The largest absolute Gasteiger partial charge is 0.347 e. The number of hydrogen-bond acceptors (Lipinski definition) is 3. The molecule has 2 aromatic carbocycles. The molecule has 0 unspecified atom stereocenters. The Bertz CT molecular complexity index is 1000. The quantitative estimate of drug-likeness (QED) is 0.776. The van der Waals surface area contributed by atoms with Crippen molar-refractivity contribution in [3.8, 4) is 0 Å². The van der Waals surface area contributed by atoms with Gasteiger partial charge in [-0.15, -0.1) is 0 Å². The van der Waals surface area contributed by atoms with Crippen LogP contribution in [0.25, 0.3) is 0 Å². The highest BCUT2D eigenvalue weighted by Crippen LogP contribution is 2.51. The third-order valence-corrected chi connectivity index (χ3v) is 8.27. The molecular formula is C28H35N3O2. The minimum atomic E-state index is -0.467. The van der Waals surface area contributed by atoms with E-state index in [1.807, 2.05) is 12.1 Å². The number of rotatable bonds is 4. The van der Waals surface area contributed by atoms with Crippen LogP contribution in [0.2, 0.25) is 0 Å². The summed E-state index contributed by atoms with van der Waals surface area (Å²) >= 11 is 0. The Morgan fingerprint density at radius 3 is 2.21 bits per heavy atom. The molecule has 1 N–H and O–H groups in total. The molecule has 5 nitrogen and oxygen atoms in total. The van der Waals surface area contributed by atoms with Crippen LogP contribution in [0.4, 0.5) is 0 Å². The third-order valence-electron chi connectivity index (χ3n) is 8.27. The average molecular weight is 446 g/mol. The molecule has 3 atom stereocenters. The number of benzene rings is 2. The summed E-state index contributed by atoms with van der Waals surface area (Å²) in [6, 6.07) is 20.8. The number of carbonyl (C=O) groups is 2. The summed E-state index contributed by atoms with van der Waals surface area (Å²) in [4.78, 5) is 31.4. The van der Waals surface area contributed by atoms with Gasteiger partial charge in [-0.05, 0) is 44.0 Å². The van der Waals surface area contributed by atoms with Crippen LogP contribution in [0.5, 0.6) is 0 Å². The molecule has 3 fully saturated rings. The topological polar surface area (TPSA) is 52.7 Å². The Labute approximate surface area is 197 Å². The zero-order valence-electron chi connectivity index (χ0n) is 19.8. The Morgan fingerprint density at radius 2 is 1.58 bits per heavy atom. The molecule has 0 radical (unpaired) electrons. The molecule has 1 aliphatic carbocycles. The standard InChI is InChI=1S/C28H35N3O2/c1-21(32)29-28-19-30(2)18-15-24(28)25(22-11-5-3-6-12-22)31(20-28)26(33)27(16-9-10-17-27)23-13-7-4-8-14-23/h3-8,11-14,24-25H,9-10,15-20H2,1-2H3,(H,29,32)/t24-,25-,28-/m1/s1. The Morgan fingerprint density at radius 1 is 0.939 bits per heavy atom. The van der Waals surface area contributed by atoms with Gasteiger partial charge < -0.3 is 15.1 Å². The number of nitrogens with one attached hydrogen (secondary N) is 1. The van der Waals surface area contributed by atoms with Crippen molar-refractivity contribution in [3.05, 3.63) is 71.8 Å². The van der Waals surface area contributed by atoms with Crippen LogP contribution in [0, 0.1) is 5.92 Å². The van der Waals surface area contributed by atoms with E-state index in [4.69, 9.17) is 0 Å². The van der Waals surface area contributed by atoms with Gasteiger partial charge in [0.15, 0.2) is 0 Å². The van der Waals surface area contributed by atoms with Crippen LogP contribution in [-0.2, 0) is 15.0 Å². The number of carbonyl (C=O) groups excluding carboxylic acids is 2. The van der Waals surface area contributed by atoms with Crippen molar-refractivity contribution in [2.24, 2.45) is 5.92 Å².